The molecule has 1 aliphatic heterocycles. The topological polar surface area (TPSA) is 137 Å². The van der Waals surface area contributed by atoms with Crippen molar-refractivity contribution >= 4 is 23.7 Å². The van der Waals surface area contributed by atoms with E-state index in [0.717, 1.165) is 50.4 Å². The molecule has 240 valence electrons. The second-order valence-electron chi connectivity index (χ2n) is 11.8. The standard InChI is InChI=1S/C34H48N4O6/c1-25(2)23-29(33(41)37-30(34(42)43)24-27-13-7-4-8-14-27)36-32(40)28(17-16-26-11-5-3-6-12-26)35-31(39)15-9-10-18-38-19-21-44-22-20-38/h3-8,11-14,25,28-30H,9-10,15-24H2,1-2H3,(H,35,39)(H,36,40)(H,37,41)(H,42,43)/t28-,29-,30-/m0/s1. The first-order chi connectivity index (χ1) is 21.2. The fourth-order valence-corrected chi connectivity index (χ4v) is 5.23. The van der Waals surface area contributed by atoms with E-state index < -0.39 is 35.9 Å². The Morgan fingerprint density at radius 1 is 0.795 bits per heavy atom. The molecule has 3 amide bonds. The van der Waals surface area contributed by atoms with Crippen LogP contribution in [0, 0.1) is 5.92 Å². The summed E-state index contributed by atoms with van der Waals surface area (Å²) in [6, 6.07) is 15.8. The molecule has 0 unspecified atom stereocenters. The maximum atomic E-state index is 13.6. The van der Waals surface area contributed by atoms with E-state index in [1.165, 1.54) is 0 Å². The fraction of sp³-hybridized carbons (Fsp3) is 0.529. The molecule has 2 aromatic rings. The zero-order valence-corrected chi connectivity index (χ0v) is 26.0. The van der Waals surface area contributed by atoms with Crippen molar-refractivity contribution < 1.29 is 29.0 Å². The average Bonchev–Trinajstić information content (AvgIpc) is 3.01. The number of hydrogen-bond acceptors (Lipinski definition) is 6. The predicted octanol–water partition coefficient (Wildman–Crippen LogP) is 2.95. The van der Waals surface area contributed by atoms with Crippen LogP contribution in [0.2, 0.25) is 0 Å². The molecule has 10 nitrogen and oxygen atoms in total. The van der Waals surface area contributed by atoms with Crippen molar-refractivity contribution in [1.82, 2.24) is 20.9 Å². The second-order valence-corrected chi connectivity index (χ2v) is 11.8. The Labute approximate surface area is 260 Å². The summed E-state index contributed by atoms with van der Waals surface area (Å²) in [5.74, 6) is -2.34. The Morgan fingerprint density at radius 3 is 2.00 bits per heavy atom. The van der Waals surface area contributed by atoms with Gasteiger partial charge in [-0.05, 0) is 55.7 Å². The summed E-state index contributed by atoms with van der Waals surface area (Å²) in [7, 11) is 0. The minimum Gasteiger partial charge on any atom is -0.480 e. The zero-order chi connectivity index (χ0) is 31.7. The highest BCUT2D eigenvalue weighted by Crippen LogP contribution is 2.11. The molecule has 3 rings (SSSR count). The van der Waals surface area contributed by atoms with Crippen LogP contribution in [0.25, 0.3) is 0 Å². The van der Waals surface area contributed by atoms with Crippen molar-refractivity contribution in [2.45, 2.75) is 76.9 Å². The molecule has 10 heteroatoms. The van der Waals surface area contributed by atoms with Crippen LogP contribution >= 0.6 is 0 Å². The lowest BCUT2D eigenvalue weighted by atomic mass is 10.00. The predicted molar refractivity (Wildman–Crippen MR) is 169 cm³/mol. The van der Waals surface area contributed by atoms with E-state index in [-0.39, 0.29) is 18.2 Å². The van der Waals surface area contributed by atoms with Gasteiger partial charge in [0.05, 0.1) is 13.2 Å². The first-order valence-corrected chi connectivity index (χ1v) is 15.7. The molecular formula is C34H48N4O6. The number of rotatable bonds is 18. The van der Waals surface area contributed by atoms with Gasteiger partial charge in [-0.25, -0.2) is 4.79 Å². The number of hydrogen-bond donors (Lipinski definition) is 4. The molecule has 0 aromatic heterocycles. The highest BCUT2D eigenvalue weighted by atomic mass is 16.5. The van der Waals surface area contributed by atoms with Crippen LogP contribution in [-0.4, -0.2) is 84.7 Å². The minimum atomic E-state index is -1.15. The van der Waals surface area contributed by atoms with Crippen LogP contribution in [0.5, 0.6) is 0 Å². The Kier molecular flexibility index (Phi) is 14.8. The van der Waals surface area contributed by atoms with Gasteiger partial charge in [0.2, 0.25) is 17.7 Å². The van der Waals surface area contributed by atoms with Gasteiger partial charge in [0, 0.05) is 25.9 Å². The maximum Gasteiger partial charge on any atom is 0.326 e. The number of benzene rings is 2. The molecule has 2 aromatic carbocycles. The van der Waals surface area contributed by atoms with Crippen molar-refractivity contribution in [3.05, 3.63) is 71.8 Å². The van der Waals surface area contributed by atoms with Gasteiger partial charge in [0.1, 0.15) is 18.1 Å². The molecule has 1 heterocycles. The van der Waals surface area contributed by atoms with E-state index >= 15 is 0 Å². The molecule has 1 fully saturated rings. The zero-order valence-electron chi connectivity index (χ0n) is 26.0. The molecule has 1 aliphatic rings. The third-order valence-electron chi connectivity index (χ3n) is 7.69. The van der Waals surface area contributed by atoms with Gasteiger partial charge in [-0.15, -0.1) is 0 Å². The molecule has 4 N–H and O–H groups in total. The molecular weight excluding hydrogens is 560 g/mol. The SMILES string of the molecule is CC(C)C[C@H](NC(=O)[C@H](CCc1ccccc1)NC(=O)CCCCN1CCOCC1)C(=O)N[C@@H](Cc1ccccc1)C(=O)O. The summed E-state index contributed by atoms with van der Waals surface area (Å²) in [5.41, 5.74) is 1.81. The van der Waals surface area contributed by atoms with E-state index in [4.69, 9.17) is 4.74 Å². The highest BCUT2D eigenvalue weighted by molar-refractivity contribution is 5.93. The van der Waals surface area contributed by atoms with Gasteiger partial charge in [0.15, 0.2) is 0 Å². The molecule has 0 radical (unpaired) electrons. The lowest BCUT2D eigenvalue weighted by molar-refractivity contribution is -0.142. The summed E-state index contributed by atoms with van der Waals surface area (Å²) in [6.45, 7) is 8.03. The summed E-state index contributed by atoms with van der Waals surface area (Å²) in [6.07, 6.45) is 3.23. The van der Waals surface area contributed by atoms with Crippen molar-refractivity contribution in [2.75, 3.05) is 32.8 Å². The smallest absolute Gasteiger partial charge is 0.326 e. The number of morpholine rings is 1. The fourth-order valence-electron chi connectivity index (χ4n) is 5.23. The van der Waals surface area contributed by atoms with Crippen molar-refractivity contribution in [2.24, 2.45) is 5.92 Å². The summed E-state index contributed by atoms with van der Waals surface area (Å²) >= 11 is 0. The van der Waals surface area contributed by atoms with Gasteiger partial charge in [-0.3, -0.25) is 19.3 Å². The number of nitrogens with zero attached hydrogens (tertiary/aromatic N) is 1. The first kappa shape index (κ1) is 34.7. The summed E-state index contributed by atoms with van der Waals surface area (Å²) < 4.78 is 5.39. The minimum absolute atomic E-state index is 0.0484. The van der Waals surface area contributed by atoms with E-state index in [0.29, 0.717) is 32.1 Å². The van der Waals surface area contributed by atoms with Crippen molar-refractivity contribution in [3.63, 3.8) is 0 Å². The molecule has 0 spiro atoms. The lowest BCUT2D eigenvalue weighted by Crippen LogP contribution is -2.56. The number of amides is 3. The monoisotopic (exact) mass is 608 g/mol. The number of carboxylic acids is 1. The van der Waals surface area contributed by atoms with Crippen molar-refractivity contribution in [1.29, 1.82) is 0 Å². The van der Waals surface area contributed by atoms with Gasteiger partial charge >= 0.3 is 5.97 Å². The largest absolute Gasteiger partial charge is 0.480 e. The number of carboxylic acid groups (broad SMARTS) is 1. The number of ether oxygens (including phenoxy) is 1. The van der Waals surface area contributed by atoms with Crippen LogP contribution in [0.1, 0.15) is 57.1 Å². The van der Waals surface area contributed by atoms with Crippen molar-refractivity contribution in [3.8, 4) is 0 Å². The molecule has 3 atom stereocenters. The number of nitrogens with one attached hydrogen (secondary N) is 3. The molecule has 1 saturated heterocycles. The quantitative estimate of drug-likeness (QED) is 0.191. The van der Waals surface area contributed by atoms with Gasteiger partial charge in [0.25, 0.3) is 0 Å². The highest BCUT2D eigenvalue weighted by Gasteiger charge is 2.30. The molecule has 0 aliphatic carbocycles. The number of aliphatic carboxylic acids is 1. The number of aryl methyl sites for hydroxylation is 1. The van der Waals surface area contributed by atoms with Gasteiger partial charge in [-0.1, -0.05) is 74.5 Å². The Balaban J connectivity index is 1.63. The van der Waals surface area contributed by atoms with Crippen LogP contribution in [-0.2, 0) is 36.8 Å². The Hall–Kier alpha value is -3.76. The third-order valence-corrected chi connectivity index (χ3v) is 7.69. The van der Waals surface area contributed by atoms with Crippen LogP contribution in [0.3, 0.4) is 0 Å². The first-order valence-electron chi connectivity index (χ1n) is 15.7. The Bertz CT molecular complexity index is 1170. The van der Waals surface area contributed by atoms with Gasteiger partial charge in [-0.2, -0.15) is 0 Å². The number of carbonyl (C=O) groups excluding carboxylic acids is 3. The Morgan fingerprint density at radius 2 is 1.39 bits per heavy atom. The number of carbonyl (C=O) groups is 4. The molecule has 44 heavy (non-hydrogen) atoms. The van der Waals surface area contributed by atoms with E-state index in [2.05, 4.69) is 20.9 Å². The van der Waals surface area contributed by atoms with E-state index in [1.807, 2.05) is 62.4 Å². The normalized spacial score (nSPS) is 15.6. The van der Waals surface area contributed by atoms with E-state index in [9.17, 15) is 24.3 Å². The molecule has 0 saturated carbocycles. The lowest BCUT2D eigenvalue weighted by Gasteiger charge is -2.26. The number of unbranched alkanes of at least 4 members (excludes halogenated alkanes) is 1. The van der Waals surface area contributed by atoms with Crippen LogP contribution in [0.15, 0.2) is 60.7 Å². The van der Waals surface area contributed by atoms with E-state index in [1.54, 1.807) is 12.1 Å². The summed E-state index contributed by atoms with van der Waals surface area (Å²) in [5, 5.41) is 18.2. The third kappa shape index (κ3) is 12.9. The second kappa shape index (κ2) is 18.8. The van der Waals surface area contributed by atoms with Crippen LogP contribution in [0.4, 0.5) is 0 Å². The molecule has 0 bridgehead atoms. The average molecular weight is 609 g/mol. The summed E-state index contributed by atoms with van der Waals surface area (Å²) in [4.78, 5) is 54.2. The van der Waals surface area contributed by atoms with Crippen LogP contribution < -0.4 is 16.0 Å². The van der Waals surface area contributed by atoms with Gasteiger partial charge < -0.3 is 25.8 Å². The maximum absolute atomic E-state index is 13.6.